The van der Waals surface area contributed by atoms with E-state index < -0.39 is 0 Å². The molecule has 117 valence electrons. The standard InChI is InChI=1S/C18H24N3O/c22-18(14-4-2-1-3-5-14)21-12-15-10-17(11-16(15)13-21)20-8-6-19-7-9-20/h1-5,15-17H,6-13H2. The highest BCUT2D eigenvalue weighted by atomic mass is 16.2. The van der Waals surface area contributed by atoms with Gasteiger partial charge in [-0.1, -0.05) is 18.2 Å². The highest BCUT2D eigenvalue weighted by Crippen LogP contribution is 2.40. The smallest absolute Gasteiger partial charge is 0.253 e. The van der Waals surface area contributed by atoms with E-state index in [0.29, 0.717) is 11.8 Å². The van der Waals surface area contributed by atoms with Gasteiger partial charge in [-0.2, -0.15) is 0 Å². The van der Waals surface area contributed by atoms with Crippen molar-refractivity contribution in [3.05, 3.63) is 35.9 Å². The van der Waals surface area contributed by atoms with Gasteiger partial charge in [0.1, 0.15) is 0 Å². The maximum absolute atomic E-state index is 12.6. The van der Waals surface area contributed by atoms with E-state index in [9.17, 15) is 4.79 Å². The molecule has 1 aliphatic carbocycles. The number of amides is 1. The summed E-state index contributed by atoms with van der Waals surface area (Å²) in [6.07, 6.45) is 2.53. The molecule has 1 aromatic rings. The van der Waals surface area contributed by atoms with Crippen molar-refractivity contribution in [2.45, 2.75) is 18.9 Å². The van der Waals surface area contributed by atoms with Crippen LogP contribution in [-0.2, 0) is 0 Å². The van der Waals surface area contributed by atoms with Crippen LogP contribution in [0.1, 0.15) is 23.2 Å². The minimum absolute atomic E-state index is 0.211. The lowest BCUT2D eigenvalue weighted by molar-refractivity contribution is 0.0770. The fraction of sp³-hybridized carbons (Fsp3) is 0.611. The highest BCUT2D eigenvalue weighted by Gasteiger charge is 2.44. The second-order valence-electron chi connectivity index (χ2n) is 6.93. The van der Waals surface area contributed by atoms with E-state index in [1.54, 1.807) is 0 Å². The number of benzene rings is 1. The Bertz CT molecular complexity index is 512. The van der Waals surface area contributed by atoms with Gasteiger partial charge in [0, 0.05) is 50.9 Å². The summed E-state index contributed by atoms with van der Waals surface area (Å²) in [6, 6.07) is 10.4. The lowest BCUT2D eigenvalue weighted by atomic mass is 10.0. The maximum atomic E-state index is 12.6. The molecule has 1 aromatic carbocycles. The number of fused-ring (bicyclic) bond motifs is 1. The lowest BCUT2D eigenvalue weighted by Crippen LogP contribution is -2.45. The van der Waals surface area contributed by atoms with Crippen LogP contribution in [0, 0.1) is 11.8 Å². The van der Waals surface area contributed by atoms with Gasteiger partial charge in [-0.25, -0.2) is 5.32 Å². The summed E-state index contributed by atoms with van der Waals surface area (Å²) >= 11 is 0. The van der Waals surface area contributed by atoms with Gasteiger partial charge in [-0.15, -0.1) is 0 Å². The van der Waals surface area contributed by atoms with E-state index in [1.165, 1.54) is 12.8 Å². The van der Waals surface area contributed by atoms with Gasteiger partial charge in [0.15, 0.2) is 0 Å². The highest BCUT2D eigenvalue weighted by molar-refractivity contribution is 5.94. The second kappa shape index (κ2) is 6.01. The number of hydrogen-bond acceptors (Lipinski definition) is 2. The molecule has 0 bridgehead atoms. The monoisotopic (exact) mass is 298 g/mol. The van der Waals surface area contributed by atoms with Gasteiger partial charge >= 0.3 is 0 Å². The largest absolute Gasteiger partial charge is 0.338 e. The fourth-order valence-corrected chi connectivity index (χ4v) is 4.48. The summed E-state index contributed by atoms with van der Waals surface area (Å²) in [7, 11) is 0. The summed E-state index contributed by atoms with van der Waals surface area (Å²) in [4.78, 5) is 17.3. The van der Waals surface area contributed by atoms with Crippen molar-refractivity contribution in [1.29, 1.82) is 0 Å². The fourth-order valence-electron chi connectivity index (χ4n) is 4.48. The van der Waals surface area contributed by atoms with E-state index in [2.05, 4.69) is 15.1 Å². The van der Waals surface area contributed by atoms with Gasteiger partial charge in [-0.05, 0) is 36.8 Å². The zero-order valence-corrected chi connectivity index (χ0v) is 13.0. The summed E-state index contributed by atoms with van der Waals surface area (Å²) in [5.41, 5.74) is 0.830. The maximum Gasteiger partial charge on any atom is 0.253 e. The van der Waals surface area contributed by atoms with E-state index in [-0.39, 0.29) is 5.91 Å². The Kier molecular flexibility index (Phi) is 3.89. The summed E-state index contributed by atoms with van der Waals surface area (Å²) < 4.78 is 0. The van der Waals surface area contributed by atoms with Gasteiger partial charge in [0.25, 0.3) is 5.91 Å². The number of piperazine rings is 1. The zero-order chi connectivity index (χ0) is 14.9. The van der Waals surface area contributed by atoms with Crippen LogP contribution >= 0.6 is 0 Å². The molecule has 0 N–H and O–H groups in total. The van der Waals surface area contributed by atoms with Crippen molar-refractivity contribution in [1.82, 2.24) is 15.1 Å². The SMILES string of the molecule is O=C(c1ccccc1)N1CC2CC(N3CC[N]CC3)CC2C1. The third-order valence-electron chi connectivity index (χ3n) is 5.64. The van der Waals surface area contributed by atoms with Gasteiger partial charge in [-0.3, -0.25) is 9.69 Å². The van der Waals surface area contributed by atoms with Gasteiger partial charge in [0.05, 0.1) is 0 Å². The van der Waals surface area contributed by atoms with Crippen molar-refractivity contribution in [3.8, 4) is 0 Å². The number of nitrogens with zero attached hydrogens (tertiary/aromatic N) is 3. The van der Waals surface area contributed by atoms with E-state index in [0.717, 1.165) is 50.9 Å². The molecule has 22 heavy (non-hydrogen) atoms. The number of likely N-dealkylation sites (tertiary alicyclic amines) is 1. The van der Waals surface area contributed by atoms with E-state index in [1.807, 2.05) is 30.3 Å². The molecule has 2 aliphatic heterocycles. The molecule has 4 rings (SSSR count). The van der Waals surface area contributed by atoms with Crippen molar-refractivity contribution in [2.24, 2.45) is 11.8 Å². The first kappa shape index (κ1) is 14.2. The Balaban J connectivity index is 1.36. The molecule has 1 radical (unpaired) electrons. The summed E-state index contributed by atoms with van der Waals surface area (Å²) in [5.74, 6) is 1.62. The van der Waals surface area contributed by atoms with Crippen molar-refractivity contribution in [2.75, 3.05) is 39.3 Å². The molecule has 1 saturated carbocycles. The molecule has 2 atom stereocenters. The predicted molar refractivity (Wildman–Crippen MR) is 85.8 cm³/mol. The number of carbonyl (C=O) groups excluding carboxylic acids is 1. The van der Waals surface area contributed by atoms with Crippen molar-refractivity contribution >= 4 is 5.91 Å². The normalized spacial score (nSPS) is 32.2. The van der Waals surface area contributed by atoms with Gasteiger partial charge in [0.2, 0.25) is 0 Å². The Labute approximate surface area is 132 Å². The van der Waals surface area contributed by atoms with E-state index in [4.69, 9.17) is 0 Å². The quantitative estimate of drug-likeness (QED) is 0.829. The van der Waals surface area contributed by atoms with Crippen LogP contribution in [0.25, 0.3) is 0 Å². The van der Waals surface area contributed by atoms with Crippen molar-refractivity contribution in [3.63, 3.8) is 0 Å². The zero-order valence-electron chi connectivity index (χ0n) is 13.0. The Morgan fingerprint density at radius 1 is 1.00 bits per heavy atom. The lowest BCUT2D eigenvalue weighted by Gasteiger charge is -2.33. The number of carbonyl (C=O) groups is 1. The van der Waals surface area contributed by atoms with E-state index >= 15 is 0 Å². The average Bonchev–Trinajstić information content (AvgIpc) is 3.15. The average molecular weight is 298 g/mol. The predicted octanol–water partition coefficient (Wildman–Crippen LogP) is 1.46. The van der Waals surface area contributed by atoms with Crippen LogP contribution in [0.2, 0.25) is 0 Å². The number of rotatable bonds is 2. The Hall–Kier alpha value is -1.39. The summed E-state index contributed by atoms with van der Waals surface area (Å²) in [6.45, 7) is 6.18. The Morgan fingerprint density at radius 3 is 2.27 bits per heavy atom. The molecule has 2 unspecified atom stereocenters. The number of hydrogen-bond donors (Lipinski definition) is 0. The molecular weight excluding hydrogens is 274 g/mol. The third-order valence-corrected chi connectivity index (χ3v) is 5.64. The minimum atomic E-state index is 0.211. The second-order valence-corrected chi connectivity index (χ2v) is 6.93. The molecule has 2 saturated heterocycles. The first-order valence-electron chi connectivity index (χ1n) is 8.53. The Morgan fingerprint density at radius 2 is 1.64 bits per heavy atom. The molecule has 1 amide bonds. The molecular formula is C18H24N3O. The van der Waals surface area contributed by atoms with Gasteiger partial charge < -0.3 is 4.90 Å². The van der Waals surface area contributed by atoms with Crippen LogP contribution in [0.4, 0.5) is 0 Å². The molecule has 3 fully saturated rings. The summed E-state index contributed by atoms with van der Waals surface area (Å²) in [5, 5.41) is 4.45. The molecule has 0 spiro atoms. The van der Waals surface area contributed by atoms with Crippen LogP contribution in [-0.4, -0.2) is 61.0 Å². The molecule has 2 heterocycles. The third kappa shape index (κ3) is 2.66. The first-order valence-corrected chi connectivity index (χ1v) is 8.53. The molecule has 4 heteroatoms. The minimum Gasteiger partial charge on any atom is -0.338 e. The van der Waals surface area contributed by atoms with Crippen LogP contribution < -0.4 is 5.32 Å². The van der Waals surface area contributed by atoms with Crippen LogP contribution in [0.3, 0.4) is 0 Å². The topological polar surface area (TPSA) is 37.7 Å². The molecule has 0 aromatic heterocycles. The van der Waals surface area contributed by atoms with Crippen molar-refractivity contribution < 1.29 is 4.79 Å². The molecule has 4 nitrogen and oxygen atoms in total. The van der Waals surface area contributed by atoms with Crippen LogP contribution in [0.5, 0.6) is 0 Å². The first-order chi connectivity index (χ1) is 10.8. The van der Waals surface area contributed by atoms with Crippen LogP contribution in [0.15, 0.2) is 30.3 Å². The molecule has 3 aliphatic rings.